The molecule has 0 heterocycles. The minimum absolute atomic E-state index is 0.631. The van der Waals surface area contributed by atoms with Gasteiger partial charge in [-0.15, -0.1) is 0 Å². The number of ether oxygens (including phenoxy) is 1. The third-order valence-electron chi connectivity index (χ3n) is 1.64. The first kappa shape index (κ1) is 11.6. The zero-order valence-corrected chi connectivity index (χ0v) is 8.06. The van der Waals surface area contributed by atoms with Crippen molar-refractivity contribution in [3.8, 4) is 11.8 Å². The number of benzene rings is 1. The van der Waals surface area contributed by atoms with Crippen molar-refractivity contribution in [2.75, 3.05) is 0 Å². The van der Waals surface area contributed by atoms with E-state index in [1.165, 1.54) is 6.07 Å². The van der Waals surface area contributed by atoms with Crippen LogP contribution in [0.15, 0.2) is 12.1 Å². The number of carbonyl (C=O) groups excluding carboxylic acids is 1. The van der Waals surface area contributed by atoms with E-state index in [0.29, 0.717) is 0 Å². The van der Waals surface area contributed by atoms with Crippen LogP contribution in [0.25, 0.3) is 0 Å². The molecule has 0 spiro atoms. The van der Waals surface area contributed by atoms with Crippen molar-refractivity contribution < 1.29 is 18.8 Å². The van der Waals surface area contributed by atoms with Crippen molar-refractivity contribution in [1.29, 1.82) is 5.26 Å². The van der Waals surface area contributed by atoms with Crippen molar-refractivity contribution in [3.63, 3.8) is 0 Å². The van der Waals surface area contributed by atoms with Crippen LogP contribution in [0.1, 0.15) is 12.5 Å². The highest BCUT2D eigenvalue weighted by molar-refractivity contribution is 5.73. The molecule has 0 N–H and O–H groups in total. The molecule has 1 aromatic carbocycles. The zero-order chi connectivity index (χ0) is 12.3. The molecule has 0 radical (unpaired) electrons. The fourth-order valence-corrected chi connectivity index (χ4v) is 1.04. The Morgan fingerprint density at radius 1 is 1.62 bits per heavy atom. The van der Waals surface area contributed by atoms with E-state index in [-0.39, 0.29) is 0 Å². The van der Waals surface area contributed by atoms with Crippen LogP contribution in [-0.2, 0) is 4.79 Å². The maximum atomic E-state index is 13.1. The van der Waals surface area contributed by atoms with E-state index < -0.39 is 33.7 Å². The van der Waals surface area contributed by atoms with E-state index >= 15 is 0 Å². The van der Waals surface area contributed by atoms with Crippen molar-refractivity contribution >= 4 is 11.7 Å². The molecular weight excluding hydrogens is 219 g/mol. The summed E-state index contributed by atoms with van der Waals surface area (Å²) in [6.07, 6.45) is 0. The molecule has 82 valence electrons. The van der Waals surface area contributed by atoms with E-state index in [1.807, 2.05) is 0 Å². The zero-order valence-electron chi connectivity index (χ0n) is 8.06. The lowest BCUT2D eigenvalue weighted by molar-refractivity contribution is -0.385. The number of nitro benzene ring substituents is 1. The molecule has 0 bridgehead atoms. The topological polar surface area (TPSA) is 93.2 Å². The molecule has 0 aliphatic carbocycles. The molecule has 0 fully saturated rings. The predicted octanol–water partition coefficient (Wildman–Crippen LogP) is 1.53. The average Bonchev–Trinajstić information content (AvgIpc) is 2.16. The largest absolute Gasteiger partial charge is 0.418 e. The molecule has 0 amide bonds. The standard InChI is InChI=1S/C9H5FN2O4/c1-5(13)16-9-6(4-11)7(10)2-3-8(9)12(14)15/h2-3H,1H3. The second kappa shape index (κ2) is 4.35. The Morgan fingerprint density at radius 3 is 2.69 bits per heavy atom. The van der Waals surface area contributed by atoms with Crippen LogP contribution in [0.5, 0.6) is 5.75 Å². The van der Waals surface area contributed by atoms with Gasteiger partial charge in [0, 0.05) is 13.0 Å². The lowest BCUT2D eigenvalue weighted by atomic mass is 10.2. The number of carbonyl (C=O) groups is 1. The predicted molar refractivity (Wildman–Crippen MR) is 49.1 cm³/mol. The van der Waals surface area contributed by atoms with Crippen LogP contribution in [0.2, 0.25) is 0 Å². The van der Waals surface area contributed by atoms with Crippen LogP contribution < -0.4 is 4.74 Å². The third kappa shape index (κ3) is 2.12. The minimum Gasteiger partial charge on any atom is -0.418 e. The molecule has 0 aliphatic rings. The molecule has 6 nitrogen and oxygen atoms in total. The normalized spacial score (nSPS) is 9.31. The summed E-state index contributed by atoms with van der Waals surface area (Å²) in [5, 5.41) is 19.2. The highest BCUT2D eigenvalue weighted by atomic mass is 19.1. The first-order chi connectivity index (χ1) is 7.47. The highest BCUT2D eigenvalue weighted by Crippen LogP contribution is 2.32. The summed E-state index contributed by atoms with van der Waals surface area (Å²) in [7, 11) is 0. The summed E-state index contributed by atoms with van der Waals surface area (Å²) in [4.78, 5) is 20.4. The van der Waals surface area contributed by atoms with Gasteiger partial charge in [0.2, 0.25) is 5.75 Å². The van der Waals surface area contributed by atoms with Gasteiger partial charge >= 0.3 is 11.7 Å². The van der Waals surface area contributed by atoms with Crippen molar-refractivity contribution in [1.82, 2.24) is 0 Å². The molecule has 7 heteroatoms. The Hall–Kier alpha value is -2.49. The van der Waals surface area contributed by atoms with Crippen LogP contribution in [0.3, 0.4) is 0 Å². The quantitative estimate of drug-likeness (QED) is 0.328. The third-order valence-corrected chi connectivity index (χ3v) is 1.64. The van der Waals surface area contributed by atoms with E-state index in [0.717, 1.165) is 19.1 Å². The summed E-state index contributed by atoms with van der Waals surface area (Å²) >= 11 is 0. The number of nitro groups is 1. The molecule has 0 aromatic heterocycles. The van der Waals surface area contributed by atoms with Crippen molar-refractivity contribution in [2.24, 2.45) is 0 Å². The van der Waals surface area contributed by atoms with Gasteiger partial charge in [-0.3, -0.25) is 14.9 Å². The number of nitriles is 1. The molecule has 0 unspecified atom stereocenters. The number of esters is 1. The van der Waals surface area contributed by atoms with Gasteiger partial charge in [0.1, 0.15) is 17.4 Å². The van der Waals surface area contributed by atoms with E-state index in [4.69, 9.17) is 5.26 Å². The lowest BCUT2D eigenvalue weighted by Crippen LogP contribution is -2.07. The molecule has 1 aromatic rings. The van der Waals surface area contributed by atoms with E-state index in [1.54, 1.807) is 0 Å². The van der Waals surface area contributed by atoms with Gasteiger partial charge < -0.3 is 4.74 Å². The summed E-state index contributed by atoms with van der Waals surface area (Å²) in [6.45, 7) is 0.996. The number of nitrogens with zero attached hydrogens (tertiary/aromatic N) is 2. The molecule has 0 saturated heterocycles. The van der Waals surface area contributed by atoms with Gasteiger partial charge in [-0.25, -0.2) is 4.39 Å². The first-order valence-corrected chi connectivity index (χ1v) is 4.02. The molecule has 0 saturated carbocycles. The van der Waals surface area contributed by atoms with Crippen molar-refractivity contribution in [2.45, 2.75) is 6.92 Å². The molecule has 0 atom stereocenters. The van der Waals surface area contributed by atoms with Crippen LogP contribution in [0, 0.1) is 27.3 Å². The van der Waals surface area contributed by atoms with Gasteiger partial charge in [-0.2, -0.15) is 5.26 Å². The second-order valence-corrected chi connectivity index (χ2v) is 2.73. The molecule has 0 aliphatic heterocycles. The Balaban J connectivity index is 3.48. The Kier molecular flexibility index (Phi) is 3.15. The maximum absolute atomic E-state index is 13.1. The Labute approximate surface area is 89.0 Å². The van der Waals surface area contributed by atoms with Crippen LogP contribution in [-0.4, -0.2) is 10.9 Å². The summed E-state index contributed by atoms with van der Waals surface area (Å²) in [5.74, 6) is -2.52. The Morgan fingerprint density at radius 2 is 2.25 bits per heavy atom. The smallest absolute Gasteiger partial charge is 0.313 e. The maximum Gasteiger partial charge on any atom is 0.313 e. The highest BCUT2D eigenvalue weighted by Gasteiger charge is 2.24. The number of hydrogen-bond donors (Lipinski definition) is 0. The number of halogens is 1. The Bertz CT molecular complexity index is 507. The van der Waals surface area contributed by atoms with Gasteiger partial charge in [-0.05, 0) is 6.07 Å². The minimum atomic E-state index is -0.982. The summed E-state index contributed by atoms with van der Waals surface area (Å²) in [6, 6.07) is 3.00. The van der Waals surface area contributed by atoms with Crippen molar-refractivity contribution in [3.05, 3.63) is 33.6 Å². The molecule has 16 heavy (non-hydrogen) atoms. The fraction of sp³-hybridized carbons (Fsp3) is 0.111. The van der Waals surface area contributed by atoms with E-state index in [2.05, 4.69) is 4.74 Å². The number of hydrogen-bond acceptors (Lipinski definition) is 5. The van der Waals surface area contributed by atoms with Gasteiger partial charge in [0.25, 0.3) is 0 Å². The molecular formula is C9H5FN2O4. The second-order valence-electron chi connectivity index (χ2n) is 2.73. The SMILES string of the molecule is CC(=O)Oc1c([N+](=O)[O-])ccc(F)c1C#N. The fourth-order valence-electron chi connectivity index (χ4n) is 1.04. The van der Waals surface area contributed by atoms with Gasteiger partial charge in [0.15, 0.2) is 0 Å². The van der Waals surface area contributed by atoms with E-state index in [9.17, 15) is 19.3 Å². The van der Waals surface area contributed by atoms with Crippen LogP contribution >= 0.6 is 0 Å². The summed E-state index contributed by atoms with van der Waals surface area (Å²) in [5.41, 5.74) is -1.29. The monoisotopic (exact) mass is 224 g/mol. The number of rotatable bonds is 2. The average molecular weight is 224 g/mol. The van der Waals surface area contributed by atoms with Gasteiger partial charge in [-0.1, -0.05) is 0 Å². The summed E-state index contributed by atoms with van der Waals surface area (Å²) < 4.78 is 17.6. The van der Waals surface area contributed by atoms with Gasteiger partial charge in [0.05, 0.1) is 4.92 Å². The first-order valence-electron chi connectivity index (χ1n) is 4.02. The lowest BCUT2D eigenvalue weighted by Gasteiger charge is -2.04. The molecule has 1 rings (SSSR count). The van der Waals surface area contributed by atoms with Crippen LogP contribution in [0.4, 0.5) is 10.1 Å².